The number of nitrogens with two attached hydrogens (primary N) is 1. The third-order valence-corrected chi connectivity index (χ3v) is 15.4. The second-order valence-electron chi connectivity index (χ2n) is 20.2. The van der Waals surface area contributed by atoms with Gasteiger partial charge in [-0.3, -0.25) is 9.98 Å². The fraction of sp³-hybridized carbons (Fsp3) is 0.686. The molecule has 2 saturated carbocycles. The molecule has 6 heterocycles. The zero-order valence-electron chi connectivity index (χ0n) is 41.0. The summed E-state index contributed by atoms with van der Waals surface area (Å²) in [7, 11) is 0. The number of likely N-dealkylation sites (tertiary alicyclic amines) is 2. The number of rotatable bonds is 20. The van der Waals surface area contributed by atoms with Crippen molar-refractivity contribution >= 4 is 47.3 Å². The molecule has 15 heteroatoms. The van der Waals surface area contributed by atoms with Crippen LogP contribution in [-0.4, -0.2) is 125 Å². The van der Waals surface area contributed by atoms with Gasteiger partial charge in [-0.2, -0.15) is 9.97 Å². The normalized spacial score (nSPS) is 27.8. The van der Waals surface area contributed by atoms with E-state index in [0.717, 1.165) is 167 Å². The Morgan fingerprint density at radius 3 is 2.00 bits per heavy atom. The molecule has 0 amide bonds. The Labute approximate surface area is 395 Å². The summed E-state index contributed by atoms with van der Waals surface area (Å²) in [6.07, 6.45) is 17.7. The molecule has 66 heavy (non-hydrogen) atoms. The van der Waals surface area contributed by atoms with Gasteiger partial charge in [0.15, 0.2) is 11.6 Å². The maximum atomic E-state index is 5.89. The lowest BCUT2D eigenvalue weighted by molar-refractivity contribution is 0.269. The van der Waals surface area contributed by atoms with Gasteiger partial charge in [-0.15, -0.1) is 0 Å². The van der Waals surface area contributed by atoms with Gasteiger partial charge >= 0.3 is 0 Å². The lowest BCUT2D eigenvalue weighted by Crippen LogP contribution is -2.35. The van der Waals surface area contributed by atoms with E-state index in [9.17, 15) is 0 Å². The van der Waals surface area contributed by atoms with Gasteiger partial charge in [0.25, 0.3) is 0 Å². The van der Waals surface area contributed by atoms with Crippen molar-refractivity contribution in [2.75, 3.05) is 79.3 Å². The summed E-state index contributed by atoms with van der Waals surface area (Å²) in [5.74, 6) is 6.54. The Morgan fingerprint density at radius 2 is 1.36 bits per heavy atom. The van der Waals surface area contributed by atoms with Crippen molar-refractivity contribution in [1.82, 2.24) is 40.4 Å². The molecular formula is C51H81N15. The second-order valence-corrected chi connectivity index (χ2v) is 20.2. The van der Waals surface area contributed by atoms with E-state index < -0.39 is 0 Å². The summed E-state index contributed by atoms with van der Waals surface area (Å²) in [6, 6.07) is 1.19. The third-order valence-electron chi connectivity index (χ3n) is 15.4. The average Bonchev–Trinajstić information content (AvgIpc) is 4.19. The van der Waals surface area contributed by atoms with Crippen LogP contribution >= 0.6 is 0 Å². The fourth-order valence-corrected chi connectivity index (χ4v) is 11.5. The van der Waals surface area contributed by atoms with Gasteiger partial charge in [0, 0.05) is 113 Å². The highest BCUT2D eigenvalue weighted by atomic mass is 15.4. The third kappa shape index (κ3) is 11.1. The van der Waals surface area contributed by atoms with Crippen LogP contribution in [-0.2, 0) is 6.42 Å². The van der Waals surface area contributed by atoms with E-state index in [4.69, 9.17) is 42.2 Å². The summed E-state index contributed by atoms with van der Waals surface area (Å²) in [4.78, 5) is 40.8. The van der Waals surface area contributed by atoms with E-state index >= 15 is 0 Å². The van der Waals surface area contributed by atoms with E-state index in [-0.39, 0.29) is 18.0 Å². The Hall–Kier alpha value is -4.92. The van der Waals surface area contributed by atoms with E-state index in [0.29, 0.717) is 36.4 Å². The molecule has 2 aliphatic carbocycles. The average molecular weight is 904 g/mol. The molecule has 0 radical (unpaired) electrons. The van der Waals surface area contributed by atoms with E-state index in [1.165, 1.54) is 32.1 Å². The highest BCUT2D eigenvalue weighted by Crippen LogP contribution is 2.43. The first-order chi connectivity index (χ1) is 32.0. The van der Waals surface area contributed by atoms with Gasteiger partial charge in [-0.1, -0.05) is 46.9 Å². The topological polar surface area (TPSA) is 163 Å². The number of nitrogens with one attached hydrogen (secondary N) is 4. The van der Waals surface area contributed by atoms with Crippen molar-refractivity contribution in [1.29, 1.82) is 0 Å². The molecule has 2 aromatic rings. The van der Waals surface area contributed by atoms with Gasteiger partial charge in [0.2, 0.25) is 11.9 Å². The van der Waals surface area contributed by atoms with Crippen molar-refractivity contribution in [2.45, 2.75) is 148 Å². The van der Waals surface area contributed by atoms with Crippen LogP contribution in [0.2, 0.25) is 0 Å². The number of aliphatic imine (C=N–C) groups is 2. The summed E-state index contributed by atoms with van der Waals surface area (Å²) >= 11 is 0. The largest absolute Gasteiger partial charge is 0.386 e. The highest BCUT2D eigenvalue weighted by molar-refractivity contribution is 5.73. The number of nitrogens with zero attached hydrogens (tertiary/aromatic N) is 10. The zero-order valence-corrected chi connectivity index (χ0v) is 41.0. The second kappa shape index (κ2) is 21.8. The molecule has 8 rings (SSSR count). The van der Waals surface area contributed by atoms with E-state index in [1.807, 2.05) is 26.3 Å². The number of hydrogen-bond donors (Lipinski definition) is 5. The molecular weight excluding hydrogens is 823 g/mol. The van der Waals surface area contributed by atoms with Crippen LogP contribution < -0.4 is 36.8 Å². The van der Waals surface area contributed by atoms with Crippen molar-refractivity contribution in [3.05, 3.63) is 48.3 Å². The van der Waals surface area contributed by atoms with Gasteiger partial charge in [-0.05, 0) is 109 Å². The first kappa shape index (κ1) is 47.6. The van der Waals surface area contributed by atoms with Crippen LogP contribution in [0.4, 0.5) is 34.9 Å². The van der Waals surface area contributed by atoms with Crippen LogP contribution in [0.1, 0.15) is 129 Å². The molecule has 15 nitrogen and oxygen atoms in total. The highest BCUT2D eigenvalue weighted by Gasteiger charge is 2.37. The van der Waals surface area contributed by atoms with Gasteiger partial charge in [0.1, 0.15) is 11.4 Å². The quantitative estimate of drug-likeness (QED) is 0.0818. The van der Waals surface area contributed by atoms with Gasteiger partial charge in [-0.25, -0.2) is 9.97 Å². The molecule has 6 aliphatic rings. The van der Waals surface area contributed by atoms with Crippen LogP contribution in [0.25, 0.3) is 0 Å². The van der Waals surface area contributed by atoms with Crippen LogP contribution in [0, 0.1) is 17.8 Å². The molecule has 8 atom stereocenters. The van der Waals surface area contributed by atoms with Crippen molar-refractivity contribution in [3.8, 4) is 0 Å². The maximum absolute atomic E-state index is 5.89. The first-order valence-electron chi connectivity index (χ1n) is 25.7. The number of anilines is 4. The van der Waals surface area contributed by atoms with Crippen molar-refractivity contribution < 1.29 is 0 Å². The lowest BCUT2D eigenvalue weighted by atomic mass is 9.99. The molecule has 0 spiro atoms. The summed E-state index contributed by atoms with van der Waals surface area (Å²) in [5, 5.41) is 15.1. The fourth-order valence-electron chi connectivity index (χ4n) is 11.5. The Bertz CT molecular complexity index is 2080. The molecule has 0 bridgehead atoms. The monoisotopic (exact) mass is 904 g/mol. The molecule has 0 aromatic carbocycles. The molecule has 4 saturated heterocycles. The Morgan fingerprint density at radius 1 is 0.697 bits per heavy atom. The van der Waals surface area contributed by atoms with Crippen LogP contribution in [0.15, 0.2) is 46.9 Å². The molecule has 6 fully saturated rings. The summed E-state index contributed by atoms with van der Waals surface area (Å²) < 4.78 is 0. The first-order valence-corrected chi connectivity index (χ1v) is 25.7. The number of allylic oxidation sites excluding steroid dienone is 1. The van der Waals surface area contributed by atoms with E-state index in [1.54, 1.807) is 0 Å². The van der Waals surface area contributed by atoms with Crippen LogP contribution in [0.5, 0.6) is 0 Å². The predicted octanol–water partition coefficient (Wildman–Crippen LogP) is 7.86. The molecule has 360 valence electrons. The minimum absolute atomic E-state index is 0.203. The Balaban J connectivity index is 0.953. The molecule has 3 unspecified atom stereocenters. The van der Waals surface area contributed by atoms with E-state index in [2.05, 4.69) is 74.8 Å². The van der Waals surface area contributed by atoms with Gasteiger partial charge in [0.05, 0.1) is 17.2 Å². The summed E-state index contributed by atoms with van der Waals surface area (Å²) in [6.45, 7) is 31.9. The smallest absolute Gasteiger partial charge is 0.227 e. The number of aromatic nitrogens is 4. The predicted molar refractivity (Wildman–Crippen MR) is 274 cm³/mol. The maximum Gasteiger partial charge on any atom is 0.227 e. The Kier molecular flexibility index (Phi) is 15.7. The van der Waals surface area contributed by atoms with Crippen molar-refractivity contribution in [3.63, 3.8) is 0 Å². The molecule has 2 aromatic heterocycles. The SMILES string of the molecule is C=C(CN)NC1CCC(c2nc(N3CCCC3)nc(N[C@@H]3CCN(C(=C)N4CC[C@@H](Nc5nc(N6CC[C@@H](CC)C6)nc(C[C@@H]6CC(NC(=C)CC)[C@@H](C)C6)c5N=CC)C4)C3)c2N=CC)C1. The minimum Gasteiger partial charge on any atom is -0.386 e. The van der Waals surface area contributed by atoms with Crippen molar-refractivity contribution in [2.24, 2.45) is 33.5 Å². The number of hydrogen-bond acceptors (Lipinski definition) is 15. The zero-order chi connectivity index (χ0) is 46.3. The standard InChI is InChI=1S/C51H81N15/c1-9-34(6)56-43-26-38(25-33(43)5)27-44-46(53-11-3)48(61-50(59-44)66-22-17-37(10-2)30-66)57-41-18-23-64(31-41)36(8)65-24-19-42(32-65)58-49-47(54-12-4)45(60-51(62-49)63-20-13-14-21-63)39-15-16-40(28-39)55-35(7)29-52/h11-12,33,37-43,55-56H,6-10,13-32,52H2,1-5H3,(H,57,59,61)(H,58,60,62)/t33-,37+,38-,39?,40?,41+,42+,43?/m0/s1. The lowest BCUT2D eigenvalue weighted by Gasteiger charge is -2.30. The van der Waals surface area contributed by atoms with Gasteiger partial charge < -0.3 is 46.6 Å². The molecule has 6 N–H and O–H groups in total. The van der Waals surface area contributed by atoms with Crippen LogP contribution in [0.3, 0.4) is 0 Å². The summed E-state index contributed by atoms with van der Waals surface area (Å²) in [5.41, 5.74) is 11.8. The molecule has 4 aliphatic heterocycles. The minimum atomic E-state index is 0.203.